The molecule has 0 spiro atoms. The quantitative estimate of drug-likeness (QED) is 0.660. The van der Waals surface area contributed by atoms with Crippen molar-refractivity contribution in [3.63, 3.8) is 0 Å². The van der Waals surface area contributed by atoms with E-state index in [0.29, 0.717) is 23.1 Å². The van der Waals surface area contributed by atoms with Crippen LogP contribution in [0.5, 0.6) is 0 Å². The van der Waals surface area contributed by atoms with Crippen molar-refractivity contribution in [3.8, 4) is 0 Å². The van der Waals surface area contributed by atoms with Crippen molar-refractivity contribution in [1.82, 2.24) is 5.32 Å². The molecule has 3 atom stereocenters. The minimum atomic E-state index is -0.483. The molecule has 0 aromatic heterocycles. The van der Waals surface area contributed by atoms with E-state index < -0.39 is 4.92 Å². The van der Waals surface area contributed by atoms with Gasteiger partial charge in [0.15, 0.2) is 0 Å². The van der Waals surface area contributed by atoms with Crippen molar-refractivity contribution in [2.45, 2.75) is 32.7 Å². The summed E-state index contributed by atoms with van der Waals surface area (Å²) in [6, 6.07) is 4.64. The molecule has 1 aromatic carbocycles. The average molecular weight is 291 g/mol. The number of carbonyl (C=O) groups is 1. The number of benzene rings is 1. The highest BCUT2D eigenvalue weighted by Crippen LogP contribution is 2.31. The van der Waals surface area contributed by atoms with Crippen molar-refractivity contribution in [3.05, 3.63) is 33.9 Å². The molecule has 6 heteroatoms. The zero-order valence-corrected chi connectivity index (χ0v) is 12.6. The molecule has 6 nitrogen and oxygen atoms in total. The molecule has 1 aliphatic carbocycles. The minimum Gasteiger partial charge on any atom is -0.383 e. The Morgan fingerprint density at radius 2 is 2.05 bits per heavy atom. The van der Waals surface area contributed by atoms with Crippen LogP contribution in [0.1, 0.15) is 37.0 Å². The highest BCUT2D eigenvalue weighted by molar-refractivity contribution is 5.96. The van der Waals surface area contributed by atoms with Gasteiger partial charge in [0.2, 0.25) is 0 Å². The lowest BCUT2D eigenvalue weighted by Gasteiger charge is -2.19. The molecule has 0 bridgehead atoms. The number of nitrogens with zero attached hydrogens (tertiary/aromatic N) is 1. The Balaban J connectivity index is 2.16. The molecule has 2 N–H and O–H groups in total. The molecule has 0 saturated heterocycles. The third-order valence-electron chi connectivity index (χ3n) is 4.51. The van der Waals surface area contributed by atoms with Crippen molar-refractivity contribution in [1.29, 1.82) is 0 Å². The fraction of sp³-hybridized carbons (Fsp3) is 0.533. The molecule has 21 heavy (non-hydrogen) atoms. The molecular formula is C15H21N3O3. The molecule has 1 saturated carbocycles. The maximum atomic E-state index is 12.3. The zero-order valence-electron chi connectivity index (χ0n) is 12.6. The molecule has 0 radical (unpaired) electrons. The summed E-state index contributed by atoms with van der Waals surface area (Å²) in [7, 11) is 1.61. The Bertz CT molecular complexity index is 559. The predicted molar refractivity (Wildman–Crippen MR) is 81.5 cm³/mol. The first-order valence-corrected chi connectivity index (χ1v) is 7.21. The normalized spacial score (nSPS) is 24.6. The number of nitrogens with one attached hydrogen (secondary N) is 2. The first-order chi connectivity index (χ1) is 9.93. The molecule has 0 heterocycles. The predicted octanol–water partition coefficient (Wildman–Crippen LogP) is 2.80. The Morgan fingerprint density at radius 3 is 2.57 bits per heavy atom. The summed E-state index contributed by atoms with van der Waals surface area (Å²) in [5.74, 6) is 0.781. The van der Waals surface area contributed by atoms with Crippen molar-refractivity contribution < 1.29 is 9.72 Å². The highest BCUT2D eigenvalue weighted by Gasteiger charge is 2.31. The van der Waals surface area contributed by atoms with Gasteiger partial charge in [0.25, 0.3) is 11.6 Å². The number of amides is 1. The Labute approximate surface area is 124 Å². The topological polar surface area (TPSA) is 84.3 Å². The van der Waals surface area contributed by atoms with E-state index in [-0.39, 0.29) is 17.6 Å². The van der Waals surface area contributed by atoms with Gasteiger partial charge in [-0.05, 0) is 36.8 Å². The molecule has 1 fully saturated rings. The zero-order chi connectivity index (χ0) is 15.6. The van der Waals surface area contributed by atoms with Crippen LogP contribution in [0.15, 0.2) is 18.2 Å². The standard InChI is InChI=1S/C15H21N3O3/c1-9-4-6-12(10(9)2)17-15(19)11-5-7-13(16-3)14(8-11)18(20)21/h5,7-10,12,16H,4,6H2,1-3H3,(H,17,19). The molecule has 3 unspecified atom stereocenters. The van der Waals surface area contributed by atoms with Gasteiger partial charge in [-0.3, -0.25) is 14.9 Å². The summed E-state index contributed by atoms with van der Waals surface area (Å²) >= 11 is 0. The largest absolute Gasteiger partial charge is 0.383 e. The Morgan fingerprint density at radius 1 is 1.33 bits per heavy atom. The van der Waals surface area contributed by atoms with E-state index in [0.717, 1.165) is 12.8 Å². The van der Waals surface area contributed by atoms with Gasteiger partial charge in [0.05, 0.1) is 4.92 Å². The molecule has 1 aromatic rings. The van der Waals surface area contributed by atoms with Gasteiger partial charge in [0.1, 0.15) is 5.69 Å². The summed E-state index contributed by atoms with van der Waals surface area (Å²) in [5.41, 5.74) is 0.643. The maximum absolute atomic E-state index is 12.3. The number of anilines is 1. The fourth-order valence-electron chi connectivity index (χ4n) is 2.86. The van der Waals surface area contributed by atoms with Crippen LogP contribution in [0, 0.1) is 22.0 Å². The average Bonchev–Trinajstić information content (AvgIpc) is 2.78. The van der Waals surface area contributed by atoms with Crippen molar-refractivity contribution >= 4 is 17.3 Å². The second kappa shape index (κ2) is 6.11. The summed E-state index contributed by atoms with van der Waals surface area (Å²) in [6.07, 6.45) is 2.07. The first-order valence-electron chi connectivity index (χ1n) is 7.21. The molecule has 2 rings (SSSR count). The molecule has 0 aliphatic heterocycles. The molecular weight excluding hydrogens is 270 g/mol. The van der Waals surface area contributed by atoms with E-state index in [1.165, 1.54) is 6.07 Å². The van der Waals surface area contributed by atoms with E-state index >= 15 is 0 Å². The van der Waals surface area contributed by atoms with Crippen LogP contribution in [0.2, 0.25) is 0 Å². The second-order valence-corrected chi connectivity index (χ2v) is 5.73. The third kappa shape index (κ3) is 3.15. The molecule has 114 valence electrons. The third-order valence-corrected chi connectivity index (χ3v) is 4.51. The minimum absolute atomic E-state index is 0.0852. The van der Waals surface area contributed by atoms with Crippen molar-refractivity contribution in [2.75, 3.05) is 12.4 Å². The van der Waals surface area contributed by atoms with Gasteiger partial charge in [-0.15, -0.1) is 0 Å². The smallest absolute Gasteiger partial charge is 0.293 e. The van der Waals surface area contributed by atoms with Crippen LogP contribution in [0.4, 0.5) is 11.4 Å². The van der Waals surface area contributed by atoms with Gasteiger partial charge >= 0.3 is 0 Å². The number of rotatable bonds is 4. The van der Waals surface area contributed by atoms with Crippen LogP contribution in [0.3, 0.4) is 0 Å². The molecule has 1 aliphatic rings. The monoisotopic (exact) mass is 291 g/mol. The van der Waals surface area contributed by atoms with Crippen LogP contribution < -0.4 is 10.6 Å². The van der Waals surface area contributed by atoms with Crippen LogP contribution >= 0.6 is 0 Å². The van der Waals surface area contributed by atoms with Gasteiger partial charge in [0, 0.05) is 24.7 Å². The lowest BCUT2D eigenvalue weighted by atomic mass is 9.97. The van der Waals surface area contributed by atoms with E-state index in [4.69, 9.17) is 0 Å². The lowest BCUT2D eigenvalue weighted by Crippen LogP contribution is -2.37. The SMILES string of the molecule is CNc1ccc(C(=O)NC2CCC(C)C2C)cc1[N+](=O)[O-]. The lowest BCUT2D eigenvalue weighted by molar-refractivity contribution is -0.384. The van der Waals surface area contributed by atoms with Gasteiger partial charge in [-0.2, -0.15) is 0 Å². The van der Waals surface area contributed by atoms with Gasteiger partial charge < -0.3 is 10.6 Å². The summed E-state index contributed by atoms with van der Waals surface area (Å²) in [6.45, 7) is 4.32. The van der Waals surface area contributed by atoms with E-state index in [2.05, 4.69) is 24.5 Å². The van der Waals surface area contributed by atoms with E-state index in [1.54, 1.807) is 19.2 Å². The second-order valence-electron chi connectivity index (χ2n) is 5.73. The van der Waals surface area contributed by atoms with Gasteiger partial charge in [-0.1, -0.05) is 13.8 Å². The Hall–Kier alpha value is -2.11. The van der Waals surface area contributed by atoms with Crippen molar-refractivity contribution in [2.24, 2.45) is 11.8 Å². The first kappa shape index (κ1) is 15.3. The maximum Gasteiger partial charge on any atom is 0.293 e. The van der Waals surface area contributed by atoms with E-state index in [9.17, 15) is 14.9 Å². The summed E-state index contributed by atoms with van der Waals surface area (Å²) in [4.78, 5) is 22.8. The van der Waals surface area contributed by atoms with Gasteiger partial charge in [-0.25, -0.2) is 0 Å². The number of carbonyl (C=O) groups excluding carboxylic acids is 1. The fourth-order valence-corrected chi connectivity index (χ4v) is 2.86. The van der Waals surface area contributed by atoms with Crippen LogP contribution in [-0.4, -0.2) is 23.9 Å². The van der Waals surface area contributed by atoms with Crippen LogP contribution in [-0.2, 0) is 0 Å². The Kier molecular flexibility index (Phi) is 4.45. The highest BCUT2D eigenvalue weighted by atomic mass is 16.6. The number of hydrogen-bond donors (Lipinski definition) is 2. The molecule has 1 amide bonds. The van der Waals surface area contributed by atoms with Crippen LogP contribution in [0.25, 0.3) is 0 Å². The van der Waals surface area contributed by atoms with E-state index in [1.807, 2.05) is 0 Å². The number of hydrogen-bond acceptors (Lipinski definition) is 4. The number of nitro benzene ring substituents is 1. The summed E-state index contributed by atoms with van der Waals surface area (Å²) < 4.78 is 0. The summed E-state index contributed by atoms with van der Waals surface area (Å²) in [5, 5.41) is 16.8. The number of nitro groups is 1.